The van der Waals surface area contributed by atoms with Crippen LogP contribution in [0.3, 0.4) is 0 Å². The van der Waals surface area contributed by atoms with Gasteiger partial charge in [-0.05, 0) is 19.4 Å². The SMILES string of the molecule is CCCc1nc(C)cc(CN(C)C(=O)O)n1. The minimum absolute atomic E-state index is 0.301. The normalized spacial score (nSPS) is 10.2. The Bertz CT molecular complexity index is 379. The molecule has 5 heteroatoms. The van der Waals surface area contributed by atoms with Gasteiger partial charge in [0, 0.05) is 19.2 Å². The Hall–Kier alpha value is -1.65. The van der Waals surface area contributed by atoms with Gasteiger partial charge in [0.15, 0.2) is 0 Å². The number of hydrogen-bond donors (Lipinski definition) is 1. The van der Waals surface area contributed by atoms with Crippen molar-refractivity contribution in [3.05, 3.63) is 23.3 Å². The molecule has 1 aromatic rings. The fourth-order valence-corrected chi connectivity index (χ4v) is 1.43. The highest BCUT2D eigenvalue weighted by molar-refractivity contribution is 5.64. The fraction of sp³-hybridized carbons (Fsp3) is 0.545. The molecule has 1 heterocycles. The van der Waals surface area contributed by atoms with Crippen molar-refractivity contribution in [2.45, 2.75) is 33.2 Å². The van der Waals surface area contributed by atoms with E-state index < -0.39 is 6.09 Å². The fourth-order valence-electron chi connectivity index (χ4n) is 1.43. The summed E-state index contributed by atoms with van der Waals surface area (Å²) >= 11 is 0. The monoisotopic (exact) mass is 223 g/mol. The molecule has 0 aliphatic carbocycles. The molecular weight excluding hydrogens is 206 g/mol. The molecule has 0 aromatic carbocycles. The molecule has 0 aliphatic heterocycles. The van der Waals surface area contributed by atoms with Crippen molar-refractivity contribution in [2.75, 3.05) is 7.05 Å². The number of carboxylic acid groups (broad SMARTS) is 1. The second-order valence-corrected chi connectivity index (χ2v) is 3.81. The number of amides is 1. The predicted octanol–water partition coefficient (Wildman–Crippen LogP) is 1.85. The van der Waals surface area contributed by atoms with Crippen LogP contribution >= 0.6 is 0 Å². The van der Waals surface area contributed by atoms with Crippen molar-refractivity contribution in [2.24, 2.45) is 0 Å². The van der Waals surface area contributed by atoms with Gasteiger partial charge in [0.2, 0.25) is 0 Å². The Morgan fingerprint density at radius 1 is 1.50 bits per heavy atom. The molecule has 5 nitrogen and oxygen atoms in total. The molecule has 16 heavy (non-hydrogen) atoms. The Balaban J connectivity index is 2.83. The lowest BCUT2D eigenvalue weighted by molar-refractivity contribution is 0.153. The summed E-state index contributed by atoms with van der Waals surface area (Å²) in [6, 6.07) is 1.82. The first-order valence-electron chi connectivity index (χ1n) is 5.30. The smallest absolute Gasteiger partial charge is 0.407 e. The van der Waals surface area contributed by atoms with Crippen LogP contribution < -0.4 is 0 Å². The van der Waals surface area contributed by atoms with Gasteiger partial charge < -0.3 is 10.0 Å². The predicted molar refractivity (Wildman–Crippen MR) is 60.3 cm³/mol. The lowest BCUT2D eigenvalue weighted by Gasteiger charge is -2.13. The van der Waals surface area contributed by atoms with E-state index in [-0.39, 0.29) is 0 Å². The molecule has 0 bridgehead atoms. The zero-order valence-electron chi connectivity index (χ0n) is 9.90. The van der Waals surface area contributed by atoms with Crippen molar-refractivity contribution < 1.29 is 9.90 Å². The third kappa shape index (κ3) is 3.49. The van der Waals surface area contributed by atoms with Gasteiger partial charge in [-0.2, -0.15) is 0 Å². The molecule has 0 spiro atoms. The van der Waals surface area contributed by atoms with Crippen LogP contribution in [0.25, 0.3) is 0 Å². The molecule has 0 unspecified atom stereocenters. The molecule has 88 valence electrons. The van der Waals surface area contributed by atoms with Gasteiger partial charge in [-0.1, -0.05) is 6.92 Å². The number of carbonyl (C=O) groups is 1. The number of nitrogens with zero attached hydrogens (tertiary/aromatic N) is 3. The molecule has 1 rings (SSSR count). The van der Waals surface area contributed by atoms with E-state index >= 15 is 0 Å². The number of aryl methyl sites for hydroxylation is 2. The summed E-state index contributed by atoms with van der Waals surface area (Å²) in [4.78, 5) is 20.5. The van der Waals surface area contributed by atoms with E-state index in [9.17, 15) is 4.79 Å². The first-order valence-corrected chi connectivity index (χ1v) is 5.30. The standard InChI is InChI=1S/C11H17N3O2/c1-4-5-10-12-8(2)6-9(13-10)7-14(3)11(15)16/h6H,4-5,7H2,1-3H3,(H,15,16). The van der Waals surface area contributed by atoms with Gasteiger partial charge in [-0.15, -0.1) is 0 Å². The van der Waals surface area contributed by atoms with Crippen LogP contribution in [0.5, 0.6) is 0 Å². The Kier molecular flexibility index (Phi) is 4.22. The van der Waals surface area contributed by atoms with Gasteiger partial charge in [0.1, 0.15) is 5.82 Å². The molecule has 1 aromatic heterocycles. The summed E-state index contributed by atoms with van der Waals surface area (Å²) in [5, 5.41) is 8.77. The van der Waals surface area contributed by atoms with Crippen molar-refractivity contribution in [3.8, 4) is 0 Å². The van der Waals surface area contributed by atoms with Gasteiger partial charge in [-0.3, -0.25) is 0 Å². The molecule has 0 saturated heterocycles. The van der Waals surface area contributed by atoms with Crippen molar-refractivity contribution in [3.63, 3.8) is 0 Å². The average Bonchev–Trinajstić information content (AvgIpc) is 2.16. The molecule has 0 atom stereocenters. The Morgan fingerprint density at radius 3 is 2.75 bits per heavy atom. The van der Waals surface area contributed by atoms with Crippen molar-refractivity contribution >= 4 is 6.09 Å². The molecule has 1 amide bonds. The van der Waals surface area contributed by atoms with Crippen LogP contribution in [0.2, 0.25) is 0 Å². The highest BCUT2D eigenvalue weighted by Crippen LogP contribution is 2.05. The van der Waals surface area contributed by atoms with E-state index in [1.165, 1.54) is 11.9 Å². The second-order valence-electron chi connectivity index (χ2n) is 3.81. The lowest BCUT2D eigenvalue weighted by Crippen LogP contribution is -2.24. The van der Waals surface area contributed by atoms with Gasteiger partial charge in [0.05, 0.1) is 12.2 Å². The second kappa shape index (κ2) is 5.44. The summed E-state index contributed by atoms with van der Waals surface area (Å²) in [7, 11) is 1.53. The summed E-state index contributed by atoms with van der Waals surface area (Å²) in [6.07, 6.45) is 0.858. The van der Waals surface area contributed by atoms with Crippen LogP contribution in [0.15, 0.2) is 6.07 Å². The van der Waals surface area contributed by atoms with Crippen molar-refractivity contribution in [1.29, 1.82) is 0 Å². The third-order valence-corrected chi connectivity index (χ3v) is 2.15. The zero-order valence-corrected chi connectivity index (χ0v) is 9.90. The molecule has 0 radical (unpaired) electrons. The highest BCUT2D eigenvalue weighted by Gasteiger charge is 2.08. The molecular formula is C11H17N3O2. The number of hydrogen-bond acceptors (Lipinski definition) is 3. The Labute approximate surface area is 95.1 Å². The van der Waals surface area contributed by atoms with E-state index in [1.807, 2.05) is 13.0 Å². The van der Waals surface area contributed by atoms with E-state index in [2.05, 4.69) is 16.9 Å². The molecule has 1 N–H and O–H groups in total. The number of rotatable bonds is 4. The molecule has 0 fully saturated rings. The Morgan fingerprint density at radius 2 is 2.19 bits per heavy atom. The van der Waals surface area contributed by atoms with Crippen LogP contribution in [-0.2, 0) is 13.0 Å². The molecule has 0 aliphatic rings. The highest BCUT2D eigenvalue weighted by atomic mass is 16.4. The van der Waals surface area contributed by atoms with Gasteiger partial charge in [-0.25, -0.2) is 14.8 Å². The van der Waals surface area contributed by atoms with Crippen LogP contribution in [0.1, 0.15) is 30.6 Å². The number of aromatic nitrogens is 2. The first kappa shape index (κ1) is 12.4. The van der Waals surface area contributed by atoms with Crippen molar-refractivity contribution in [1.82, 2.24) is 14.9 Å². The van der Waals surface area contributed by atoms with E-state index in [0.717, 1.165) is 30.1 Å². The quantitative estimate of drug-likeness (QED) is 0.845. The first-order chi connectivity index (χ1) is 7.52. The summed E-state index contributed by atoms with van der Waals surface area (Å²) in [6.45, 7) is 4.26. The van der Waals surface area contributed by atoms with Crippen LogP contribution in [0.4, 0.5) is 4.79 Å². The molecule has 0 saturated carbocycles. The minimum atomic E-state index is -0.951. The maximum absolute atomic E-state index is 10.7. The minimum Gasteiger partial charge on any atom is -0.465 e. The van der Waals surface area contributed by atoms with E-state index in [4.69, 9.17) is 5.11 Å². The lowest BCUT2D eigenvalue weighted by atomic mass is 10.2. The topological polar surface area (TPSA) is 66.3 Å². The van der Waals surface area contributed by atoms with Gasteiger partial charge in [0.25, 0.3) is 0 Å². The maximum Gasteiger partial charge on any atom is 0.407 e. The van der Waals surface area contributed by atoms with Crippen LogP contribution in [-0.4, -0.2) is 33.1 Å². The van der Waals surface area contributed by atoms with Crippen LogP contribution in [0, 0.1) is 6.92 Å². The third-order valence-electron chi connectivity index (χ3n) is 2.15. The van der Waals surface area contributed by atoms with E-state index in [0.29, 0.717) is 6.54 Å². The summed E-state index contributed by atoms with van der Waals surface area (Å²) in [5.41, 5.74) is 1.63. The average molecular weight is 223 g/mol. The largest absolute Gasteiger partial charge is 0.465 e. The maximum atomic E-state index is 10.7. The summed E-state index contributed by atoms with van der Waals surface area (Å²) in [5.74, 6) is 0.788. The summed E-state index contributed by atoms with van der Waals surface area (Å²) < 4.78 is 0. The zero-order chi connectivity index (χ0) is 12.1. The van der Waals surface area contributed by atoms with Gasteiger partial charge >= 0.3 is 6.09 Å². The van der Waals surface area contributed by atoms with E-state index in [1.54, 1.807) is 0 Å².